The number of rotatable bonds is 6. The van der Waals surface area contributed by atoms with E-state index in [4.69, 9.17) is 4.74 Å². The van der Waals surface area contributed by atoms with E-state index in [1.807, 2.05) is 11.8 Å². The van der Waals surface area contributed by atoms with Crippen LogP contribution in [0.5, 0.6) is 0 Å². The molecule has 0 spiro atoms. The van der Waals surface area contributed by atoms with Crippen molar-refractivity contribution >= 4 is 17.2 Å². The molecule has 1 aromatic carbocycles. The molecule has 11 nitrogen and oxygen atoms in total. The minimum absolute atomic E-state index is 0.139. The Morgan fingerprint density at radius 1 is 1.43 bits per heavy atom. The van der Waals surface area contributed by atoms with Crippen LogP contribution >= 0.6 is 0 Å². The number of ether oxygens (including phenoxy) is 1. The maximum Gasteiger partial charge on any atom is 0.293 e. The summed E-state index contributed by atoms with van der Waals surface area (Å²) in [6.45, 7) is 3.20. The van der Waals surface area contributed by atoms with E-state index in [9.17, 15) is 14.9 Å². The zero-order chi connectivity index (χ0) is 21.3. The fourth-order valence-corrected chi connectivity index (χ4v) is 3.43. The van der Waals surface area contributed by atoms with E-state index in [1.165, 1.54) is 12.3 Å². The van der Waals surface area contributed by atoms with E-state index in [0.29, 0.717) is 31.2 Å². The van der Waals surface area contributed by atoms with Crippen molar-refractivity contribution in [1.82, 2.24) is 24.7 Å². The summed E-state index contributed by atoms with van der Waals surface area (Å²) in [4.78, 5) is 34.3. The van der Waals surface area contributed by atoms with E-state index in [-0.39, 0.29) is 22.9 Å². The molecule has 0 radical (unpaired) electrons. The second-order valence-corrected chi connectivity index (χ2v) is 6.95. The molecule has 1 fully saturated rings. The minimum Gasteiger partial charge on any atom is -0.366 e. The Morgan fingerprint density at radius 2 is 2.27 bits per heavy atom. The average Bonchev–Trinajstić information content (AvgIpc) is 3.42. The maximum absolute atomic E-state index is 12.7. The van der Waals surface area contributed by atoms with E-state index < -0.39 is 11.0 Å². The second-order valence-electron chi connectivity index (χ2n) is 6.95. The summed E-state index contributed by atoms with van der Waals surface area (Å²) in [7, 11) is 1.70. The Balaban J connectivity index is 1.62. The number of nitro benzene ring substituents is 1. The van der Waals surface area contributed by atoms with Crippen LogP contribution in [-0.2, 0) is 18.2 Å². The van der Waals surface area contributed by atoms with Crippen molar-refractivity contribution < 1.29 is 14.5 Å². The van der Waals surface area contributed by atoms with Crippen molar-refractivity contribution in [3.63, 3.8) is 0 Å². The van der Waals surface area contributed by atoms with Gasteiger partial charge >= 0.3 is 0 Å². The zero-order valence-corrected chi connectivity index (χ0v) is 16.6. The summed E-state index contributed by atoms with van der Waals surface area (Å²) in [6.07, 6.45) is 3.48. The lowest BCUT2D eigenvalue weighted by Crippen LogP contribution is -2.39. The number of aryl methyl sites for hydroxylation is 2. The normalized spacial score (nSPS) is 16.6. The summed E-state index contributed by atoms with van der Waals surface area (Å²) in [6, 6.07) is 4.50. The standard InChI is InChI=1S/C19H21N7O4/c1-3-16-21-18(23-22-16)15-11-25(8-9-30-15)13-5-4-12(10-14(13)26(28)29)17(27)19-20-6-7-24(19)2/h4-7,10,15H,3,8-9,11H2,1-2H3,(H,21,22,23). The highest BCUT2D eigenvalue weighted by Gasteiger charge is 2.30. The van der Waals surface area contributed by atoms with Crippen LogP contribution in [0.3, 0.4) is 0 Å². The molecule has 0 aliphatic carbocycles. The Morgan fingerprint density at radius 3 is 2.93 bits per heavy atom. The van der Waals surface area contributed by atoms with Gasteiger partial charge in [0.15, 0.2) is 11.6 Å². The molecule has 30 heavy (non-hydrogen) atoms. The van der Waals surface area contributed by atoms with Gasteiger partial charge in [-0.15, -0.1) is 0 Å². The van der Waals surface area contributed by atoms with Crippen LogP contribution in [0.4, 0.5) is 11.4 Å². The Labute approximate surface area is 171 Å². The number of hydrogen-bond acceptors (Lipinski definition) is 8. The lowest BCUT2D eigenvalue weighted by Gasteiger charge is -2.33. The number of nitro groups is 1. The number of imidazole rings is 1. The average molecular weight is 411 g/mol. The topological polar surface area (TPSA) is 132 Å². The first-order valence-electron chi connectivity index (χ1n) is 9.56. The number of carbonyl (C=O) groups excluding carboxylic acids is 1. The van der Waals surface area contributed by atoms with Crippen molar-refractivity contribution in [2.24, 2.45) is 7.05 Å². The molecule has 3 aromatic rings. The summed E-state index contributed by atoms with van der Waals surface area (Å²) in [5, 5.41) is 18.8. The molecule has 1 saturated heterocycles. The number of anilines is 1. The number of aromatic amines is 1. The fraction of sp³-hybridized carbons (Fsp3) is 0.368. The number of ketones is 1. The molecule has 4 rings (SSSR count). The van der Waals surface area contributed by atoms with Gasteiger partial charge in [-0.2, -0.15) is 5.10 Å². The van der Waals surface area contributed by atoms with Crippen LogP contribution in [0.1, 0.15) is 40.9 Å². The van der Waals surface area contributed by atoms with Crippen LogP contribution in [0.2, 0.25) is 0 Å². The van der Waals surface area contributed by atoms with Crippen molar-refractivity contribution in [3.8, 4) is 0 Å². The molecule has 0 amide bonds. The smallest absolute Gasteiger partial charge is 0.293 e. The monoisotopic (exact) mass is 411 g/mol. The molecule has 1 aliphatic rings. The lowest BCUT2D eigenvalue weighted by molar-refractivity contribution is -0.384. The molecule has 2 aromatic heterocycles. The first-order valence-corrected chi connectivity index (χ1v) is 9.56. The van der Waals surface area contributed by atoms with E-state index >= 15 is 0 Å². The van der Waals surface area contributed by atoms with Gasteiger partial charge in [0.2, 0.25) is 5.78 Å². The van der Waals surface area contributed by atoms with Crippen molar-refractivity contribution in [3.05, 3.63) is 63.7 Å². The number of morpholine rings is 1. The Bertz CT molecular complexity index is 1090. The third kappa shape index (κ3) is 3.66. The number of H-pyrrole nitrogens is 1. The van der Waals surface area contributed by atoms with Gasteiger partial charge in [0.25, 0.3) is 5.69 Å². The molecular formula is C19H21N7O4. The molecule has 156 valence electrons. The summed E-state index contributed by atoms with van der Waals surface area (Å²) in [5.41, 5.74) is 0.502. The summed E-state index contributed by atoms with van der Waals surface area (Å²) >= 11 is 0. The third-order valence-corrected chi connectivity index (χ3v) is 5.04. The molecule has 1 unspecified atom stereocenters. The SMILES string of the molecule is CCc1nc(C2CN(c3ccc(C(=O)c4nccn4C)cc3[N+](=O)[O-])CCO2)n[nH]1. The maximum atomic E-state index is 12.7. The van der Waals surface area contributed by atoms with Gasteiger partial charge in [-0.05, 0) is 12.1 Å². The number of carbonyl (C=O) groups is 1. The minimum atomic E-state index is -0.475. The van der Waals surface area contributed by atoms with Gasteiger partial charge in [0, 0.05) is 44.0 Å². The van der Waals surface area contributed by atoms with Crippen LogP contribution in [0, 0.1) is 10.1 Å². The predicted octanol–water partition coefficient (Wildman–Crippen LogP) is 1.82. The molecule has 0 bridgehead atoms. The third-order valence-electron chi connectivity index (χ3n) is 5.04. The van der Waals surface area contributed by atoms with Gasteiger partial charge in [0.1, 0.15) is 17.6 Å². The molecule has 11 heteroatoms. The highest BCUT2D eigenvalue weighted by Crippen LogP contribution is 2.33. The highest BCUT2D eigenvalue weighted by molar-refractivity contribution is 6.07. The molecule has 0 saturated carbocycles. The first kappa shape index (κ1) is 19.7. The Hall–Kier alpha value is -3.60. The number of nitrogens with zero attached hydrogens (tertiary/aromatic N) is 6. The van der Waals surface area contributed by atoms with Crippen LogP contribution in [0.25, 0.3) is 0 Å². The number of hydrogen-bond donors (Lipinski definition) is 1. The number of nitrogens with one attached hydrogen (secondary N) is 1. The van der Waals surface area contributed by atoms with Gasteiger partial charge in [-0.25, -0.2) is 9.97 Å². The second kappa shape index (κ2) is 8.03. The predicted molar refractivity (Wildman–Crippen MR) is 106 cm³/mol. The van der Waals surface area contributed by atoms with E-state index in [2.05, 4.69) is 20.2 Å². The fourth-order valence-electron chi connectivity index (χ4n) is 3.43. The van der Waals surface area contributed by atoms with Crippen molar-refractivity contribution in [1.29, 1.82) is 0 Å². The van der Waals surface area contributed by atoms with Gasteiger partial charge < -0.3 is 14.2 Å². The summed E-state index contributed by atoms with van der Waals surface area (Å²) < 4.78 is 7.36. The molecule has 1 atom stereocenters. The van der Waals surface area contributed by atoms with E-state index in [0.717, 1.165) is 12.2 Å². The Kier molecular flexibility index (Phi) is 5.27. The van der Waals surface area contributed by atoms with Crippen molar-refractivity contribution in [2.45, 2.75) is 19.4 Å². The molecular weight excluding hydrogens is 390 g/mol. The molecule has 3 heterocycles. The van der Waals surface area contributed by atoms with Crippen LogP contribution in [0.15, 0.2) is 30.6 Å². The highest BCUT2D eigenvalue weighted by atomic mass is 16.6. The van der Waals surface area contributed by atoms with Gasteiger partial charge in [-0.3, -0.25) is 20.0 Å². The largest absolute Gasteiger partial charge is 0.366 e. The van der Waals surface area contributed by atoms with Crippen LogP contribution < -0.4 is 4.90 Å². The van der Waals surface area contributed by atoms with E-state index in [1.54, 1.807) is 29.9 Å². The molecule has 1 N–H and O–H groups in total. The van der Waals surface area contributed by atoms with Crippen molar-refractivity contribution in [2.75, 3.05) is 24.6 Å². The number of aromatic nitrogens is 5. The van der Waals surface area contributed by atoms with Gasteiger partial charge in [-0.1, -0.05) is 6.92 Å². The van der Waals surface area contributed by atoms with Gasteiger partial charge in [0.05, 0.1) is 18.1 Å². The van der Waals surface area contributed by atoms with Crippen LogP contribution in [-0.4, -0.2) is 55.1 Å². The zero-order valence-electron chi connectivity index (χ0n) is 16.6. The summed E-state index contributed by atoms with van der Waals surface area (Å²) in [5.74, 6) is 1.14. The lowest BCUT2D eigenvalue weighted by atomic mass is 10.1. The number of benzene rings is 1. The molecule has 1 aliphatic heterocycles. The quantitative estimate of drug-likeness (QED) is 0.369. The first-order chi connectivity index (χ1) is 14.5.